The van der Waals surface area contributed by atoms with Gasteiger partial charge in [-0.15, -0.1) is 0 Å². The fourth-order valence-corrected chi connectivity index (χ4v) is 4.75. The maximum absolute atomic E-state index is 12.0. The topological polar surface area (TPSA) is 63.2 Å². The summed E-state index contributed by atoms with van der Waals surface area (Å²) < 4.78 is 22.8. The molecule has 0 aromatic heterocycles. The van der Waals surface area contributed by atoms with Crippen LogP contribution in [0.1, 0.15) is 12.8 Å². The van der Waals surface area contributed by atoms with E-state index in [0.29, 0.717) is 6.42 Å². The largest absolute Gasteiger partial charge is 0.326 e. The van der Waals surface area contributed by atoms with Gasteiger partial charge >= 0.3 is 0 Å². The van der Waals surface area contributed by atoms with E-state index >= 15 is 0 Å². The van der Waals surface area contributed by atoms with Crippen molar-refractivity contribution in [2.75, 3.05) is 16.8 Å². The minimum Gasteiger partial charge on any atom is -0.326 e. The van der Waals surface area contributed by atoms with Crippen LogP contribution in [0, 0.1) is 5.92 Å². The molecule has 2 aromatic carbocycles. The van der Waals surface area contributed by atoms with E-state index in [2.05, 4.69) is 5.32 Å². The average Bonchev–Trinajstić information content (AvgIpc) is 2.87. The molecular weight excluding hydrogens is 310 g/mol. The lowest BCUT2D eigenvalue weighted by molar-refractivity contribution is -0.116. The van der Waals surface area contributed by atoms with Gasteiger partial charge in [0.25, 0.3) is 0 Å². The van der Waals surface area contributed by atoms with Gasteiger partial charge < -0.3 is 5.32 Å². The molecule has 1 atom stereocenters. The molecule has 0 bridgehead atoms. The van der Waals surface area contributed by atoms with Crippen molar-refractivity contribution in [2.45, 2.75) is 12.8 Å². The van der Waals surface area contributed by atoms with Gasteiger partial charge in [0.1, 0.15) is 0 Å². The standard InChI is InChI=1S/C18H19NO3S/c20-18(12-14-10-11-23(21,22)13-14)19-17-8-6-16(7-9-17)15-4-2-1-3-5-15/h1-9,14H,10-13H2,(H,19,20)/t14-/m1/s1. The van der Waals surface area contributed by atoms with E-state index in [0.717, 1.165) is 16.8 Å². The van der Waals surface area contributed by atoms with E-state index in [9.17, 15) is 13.2 Å². The summed E-state index contributed by atoms with van der Waals surface area (Å²) in [6, 6.07) is 17.7. The minimum absolute atomic E-state index is 0.0522. The number of benzene rings is 2. The van der Waals surface area contributed by atoms with Crippen LogP contribution in [-0.4, -0.2) is 25.8 Å². The molecule has 0 saturated carbocycles. The Bertz CT molecular complexity index is 783. The Balaban J connectivity index is 1.59. The van der Waals surface area contributed by atoms with Crippen LogP contribution >= 0.6 is 0 Å². The van der Waals surface area contributed by atoms with E-state index in [4.69, 9.17) is 0 Å². The summed E-state index contributed by atoms with van der Waals surface area (Å²) in [5.74, 6) is 0.160. The maximum Gasteiger partial charge on any atom is 0.224 e. The van der Waals surface area contributed by atoms with Crippen molar-refractivity contribution in [1.82, 2.24) is 0 Å². The lowest BCUT2D eigenvalue weighted by Crippen LogP contribution is -2.17. The van der Waals surface area contributed by atoms with Crippen LogP contribution in [0.3, 0.4) is 0 Å². The van der Waals surface area contributed by atoms with Gasteiger partial charge in [-0.1, -0.05) is 42.5 Å². The summed E-state index contributed by atoms with van der Waals surface area (Å²) >= 11 is 0. The van der Waals surface area contributed by atoms with E-state index in [1.165, 1.54) is 0 Å². The Morgan fingerprint density at radius 3 is 2.26 bits per heavy atom. The molecule has 23 heavy (non-hydrogen) atoms. The van der Waals surface area contributed by atoms with Gasteiger partial charge in [-0.2, -0.15) is 0 Å². The monoisotopic (exact) mass is 329 g/mol. The predicted octanol–water partition coefficient (Wildman–Crippen LogP) is 3.12. The first-order valence-electron chi connectivity index (χ1n) is 7.68. The lowest BCUT2D eigenvalue weighted by Gasteiger charge is -2.09. The molecule has 120 valence electrons. The fourth-order valence-electron chi connectivity index (χ4n) is 2.88. The zero-order valence-electron chi connectivity index (χ0n) is 12.7. The molecule has 1 N–H and O–H groups in total. The highest BCUT2D eigenvalue weighted by molar-refractivity contribution is 7.91. The number of rotatable bonds is 4. The SMILES string of the molecule is O=C(C[C@H]1CCS(=O)(=O)C1)Nc1ccc(-c2ccccc2)cc1. The third-order valence-corrected chi connectivity index (χ3v) is 5.91. The Morgan fingerprint density at radius 2 is 1.65 bits per heavy atom. The Labute approximate surface area is 136 Å². The maximum atomic E-state index is 12.0. The Kier molecular flexibility index (Phi) is 4.48. The molecule has 3 rings (SSSR count). The van der Waals surface area contributed by atoms with Crippen molar-refractivity contribution < 1.29 is 13.2 Å². The van der Waals surface area contributed by atoms with Crippen LogP contribution in [0.25, 0.3) is 11.1 Å². The van der Waals surface area contributed by atoms with Crippen molar-refractivity contribution >= 4 is 21.4 Å². The first-order chi connectivity index (χ1) is 11.0. The van der Waals surface area contributed by atoms with Crippen LogP contribution in [0.5, 0.6) is 0 Å². The highest BCUT2D eigenvalue weighted by atomic mass is 32.2. The molecule has 0 unspecified atom stereocenters. The second-order valence-electron chi connectivity index (χ2n) is 5.96. The number of nitrogens with one attached hydrogen (secondary N) is 1. The number of carbonyl (C=O) groups excluding carboxylic acids is 1. The number of carbonyl (C=O) groups is 1. The Morgan fingerprint density at radius 1 is 1.00 bits per heavy atom. The van der Waals surface area contributed by atoms with Crippen molar-refractivity contribution in [3.8, 4) is 11.1 Å². The Hall–Kier alpha value is -2.14. The van der Waals surface area contributed by atoms with E-state index in [-0.39, 0.29) is 29.8 Å². The third kappa shape index (κ3) is 4.20. The average molecular weight is 329 g/mol. The van der Waals surface area contributed by atoms with E-state index in [1.807, 2.05) is 54.6 Å². The molecule has 0 radical (unpaired) electrons. The molecule has 1 heterocycles. The first kappa shape index (κ1) is 15.7. The first-order valence-corrected chi connectivity index (χ1v) is 9.50. The van der Waals surface area contributed by atoms with Gasteiger partial charge in [0.2, 0.25) is 5.91 Å². The van der Waals surface area contributed by atoms with Crippen molar-refractivity contribution in [2.24, 2.45) is 5.92 Å². The van der Waals surface area contributed by atoms with Crippen LogP contribution in [0.15, 0.2) is 54.6 Å². The van der Waals surface area contributed by atoms with E-state index < -0.39 is 9.84 Å². The summed E-state index contributed by atoms with van der Waals surface area (Å²) in [6.07, 6.45) is 0.850. The number of amides is 1. The summed E-state index contributed by atoms with van der Waals surface area (Å²) in [5.41, 5.74) is 2.95. The van der Waals surface area contributed by atoms with E-state index in [1.54, 1.807) is 0 Å². The van der Waals surface area contributed by atoms with Gasteiger partial charge in [0, 0.05) is 12.1 Å². The molecule has 1 aliphatic heterocycles. The second kappa shape index (κ2) is 6.54. The summed E-state index contributed by atoms with van der Waals surface area (Å²) in [6.45, 7) is 0. The molecule has 1 fully saturated rings. The highest BCUT2D eigenvalue weighted by Gasteiger charge is 2.29. The van der Waals surface area contributed by atoms with Crippen molar-refractivity contribution in [1.29, 1.82) is 0 Å². The smallest absolute Gasteiger partial charge is 0.224 e. The third-order valence-electron chi connectivity index (χ3n) is 4.08. The molecule has 0 spiro atoms. The quantitative estimate of drug-likeness (QED) is 0.937. The van der Waals surface area contributed by atoms with Gasteiger partial charge in [-0.05, 0) is 35.6 Å². The van der Waals surface area contributed by atoms with Gasteiger partial charge in [0.15, 0.2) is 9.84 Å². The zero-order valence-corrected chi connectivity index (χ0v) is 13.6. The molecular formula is C18H19NO3S. The van der Waals surface area contributed by atoms with Crippen LogP contribution < -0.4 is 5.32 Å². The van der Waals surface area contributed by atoms with Crippen LogP contribution in [-0.2, 0) is 14.6 Å². The number of hydrogen-bond donors (Lipinski definition) is 1. The highest BCUT2D eigenvalue weighted by Crippen LogP contribution is 2.23. The molecule has 4 nitrogen and oxygen atoms in total. The number of sulfone groups is 1. The summed E-state index contributed by atoms with van der Waals surface area (Å²) in [4.78, 5) is 12.0. The predicted molar refractivity (Wildman–Crippen MR) is 91.9 cm³/mol. The number of hydrogen-bond acceptors (Lipinski definition) is 3. The van der Waals surface area contributed by atoms with Crippen molar-refractivity contribution in [3.05, 3.63) is 54.6 Å². The van der Waals surface area contributed by atoms with Crippen LogP contribution in [0.2, 0.25) is 0 Å². The second-order valence-corrected chi connectivity index (χ2v) is 8.19. The molecule has 1 amide bonds. The molecule has 1 saturated heterocycles. The summed E-state index contributed by atoms with van der Waals surface area (Å²) in [7, 11) is -2.93. The summed E-state index contributed by atoms with van der Waals surface area (Å²) in [5, 5.41) is 2.84. The molecule has 1 aliphatic rings. The normalized spacial score (nSPS) is 19.4. The van der Waals surface area contributed by atoms with Gasteiger partial charge in [-0.25, -0.2) is 8.42 Å². The van der Waals surface area contributed by atoms with Crippen LogP contribution in [0.4, 0.5) is 5.69 Å². The van der Waals surface area contributed by atoms with Gasteiger partial charge in [0.05, 0.1) is 11.5 Å². The molecule has 0 aliphatic carbocycles. The molecule has 5 heteroatoms. The molecule has 2 aromatic rings. The zero-order chi connectivity index (χ0) is 16.3. The number of anilines is 1. The fraction of sp³-hybridized carbons (Fsp3) is 0.278. The van der Waals surface area contributed by atoms with Gasteiger partial charge in [-0.3, -0.25) is 4.79 Å². The lowest BCUT2D eigenvalue weighted by atomic mass is 10.0. The minimum atomic E-state index is -2.93. The van der Waals surface area contributed by atoms with Crippen molar-refractivity contribution in [3.63, 3.8) is 0 Å².